The highest BCUT2D eigenvalue weighted by Crippen LogP contribution is 2.35. The molecule has 0 aliphatic carbocycles. The van der Waals surface area contributed by atoms with Gasteiger partial charge in [0, 0.05) is 35.0 Å². The highest BCUT2D eigenvalue weighted by atomic mass is 35.5. The van der Waals surface area contributed by atoms with Crippen molar-refractivity contribution < 1.29 is 27.7 Å². The molecule has 0 fully saturated rings. The smallest absolute Gasteiger partial charge is 0.273 e. The minimum atomic E-state index is -4.50. The number of carbonyl (C=O) groups is 2. The average Bonchev–Trinajstić information content (AvgIpc) is 2.83. The van der Waals surface area contributed by atoms with Crippen molar-refractivity contribution in [1.82, 2.24) is 0 Å². The topological polar surface area (TPSA) is 148 Å². The number of hydrogen-bond donors (Lipinski definition) is 2. The number of nitro groups is 1. The van der Waals surface area contributed by atoms with Crippen molar-refractivity contribution in [2.75, 3.05) is 28.6 Å². The third-order valence-electron chi connectivity index (χ3n) is 5.15. The molecule has 3 aromatic carbocycles. The van der Waals surface area contributed by atoms with Gasteiger partial charge in [0.05, 0.1) is 22.6 Å². The Balaban J connectivity index is 2.01. The number of hydrogen-bond acceptors (Lipinski definition) is 7. The van der Waals surface area contributed by atoms with Gasteiger partial charge in [-0.3, -0.25) is 24.0 Å². The fourth-order valence-electron chi connectivity index (χ4n) is 3.40. The second-order valence-electron chi connectivity index (χ2n) is 7.84. The van der Waals surface area contributed by atoms with Gasteiger partial charge in [0.1, 0.15) is 12.3 Å². The van der Waals surface area contributed by atoms with Crippen LogP contribution in [0.4, 0.5) is 22.7 Å². The first-order valence-electron chi connectivity index (χ1n) is 10.7. The summed E-state index contributed by atoms with van der Waals surface area (Å²) in [4.78, 5) is 34.5. The van der Waals surface area contributed by atoms with Gasteiger partial charge in [-0.25, -0.2) is 8.42 Å². The van der Waals surface area contributed by atoms with Gasteiger partial charge < -0.3 is 15.4 Å². The van der Waals surface area contributed by atoms with Crippen LogP contribution in [0.25, 0.3) is 0 Å². The van der Waals surface area contributed by atoms with Crippen molar-refractivity contribution in [1.29, 1.82) is 0 Å². The summed E-state index contributed by atoms with van der Waals surface area (Å²) < 4.78 is 33.5. The lowest BCUT2D eigenvalue weighted by Crippen LogP contribution is -2.38. The number of nitro benzene ring substituents is 1. The number of nitrogens with zero attached hydrogens (tertiary/aromatic N) is 2. The highest BCUT2D eigenvalue weighted by molar-refractivity contribution is 7.92. The summed E-state index contributed by atoms with van der Waals surface area (Å²) in [6.07, 6.45) is 0. The predicted octanol–water partition coefficient (Wildman–Crippen LogP) is 4.36. The molecule has 0 unspecified atom stereocenters. The van der Waals surface area contributed by atoms with Crippen molar-refractivity contribution in [3.05, 3.63) is 81.4 Å². The monoisotopic (exact) mass is 546 g/mol. The van der Waals surface area contributed by atoms with E-state index in [1.165, 1.54) is 63.4 Å². The molecule has 0 spiro atoms. The van der Waals surface area contributed by atoms with Crippen LogP contribution in [0, 0.1) is 17.0 Å². The maximum absolute atomic E-state index is 13.7. The number of amides is 2. The van der Waals surface area contributed by atoms with E-state index < -0.39 is 27.4 Å². The number of rotatable bonds is 9. The van der Waals surface area contributed by atoms with E-state index in [1.807, 2.05) is 0 Å². The lowest BCUT2D eigenvalue weighted by Gasteiger charge is -2.26. The van der Waals surface area contributed by atoms with Crippen molar-refractivity contribution >= 4 is 56.2 Å². The van der Waals surface area contributed by atoms with Gasteiger partial charge in [-0.1, -0.05) is 17.7 Å². The number of anilines is 3. The molecule has 0 aliphatic rings. The zero-order chi connectivity index (χ0) is 27.3. The largest absolute Gasteiger partial charge is 0.495 e. The summed E-state index contributed by atoms with van der Waals surface area (Å²) >= 11 is 6.12. The van der Waals surface area contributed by atoms with Crippen LogP contribution >= 0.6 is 11.6 Å². The fraction of sp³-hybridized carbons (Fsp3) is 0.167. The van der Waals surface area contributed by atoms with Crippen LogP contribution in [0.5, 0.6) is 5.75 Å². The molecule has 2 amide bonds. The minimum Gasteiger partial charge on any atom is -0.495 e. The molecule has 2 N–H and O–H groups in total. The van der Waals surface area contributed by atoms with E-state index in [0.717, 1.165) is 10.4 Å². The van der Waals surface area contributed by atoms with Gasteiger partial charge in [-0.15, -0.1) is 0 Å². The standard InChI is InChI=1S/C24H23ClN4O7S/c1-15-4-10-20(13-21(15)29(32)33)37(34,35)28(22-12-17(25)5-11-23(22)36-3)14-24(31)27-19-8-6-18(7-9-19)26-16(2)30/h4-13H,14H2,1-3H3,(H,26,30)(H,27,31). The highest BCUT2D eigenvalue weighted by Gasteiger charge is 2.31. The number of benzene rings is 3. The van der Waals surface area contributed by atoms with E-state index in [9.17, 15) is 28.1 Å². The van der Waals surface area contributed by atoms with Crippen LogP contribution in [-0.2, 0) is 19.6 Å². The van der Waals surface area contributed by atoms with Gasteiger partial charge in [-0.2, -0.15) is 0 Å². The number of ether oxygens (including phenoxy) is 1. The quantitative estimate of drug-likeness (QED) is 0.299. The van der Waals surface area contributed by atoms with Gasteiger partial charge in [0.15, 0.2) is 0 Å². The molecule has 0 saturated carbocycles. The molecular weight excluding hydrogens is 524 g/mol. The second-order valence-corrected chi connectivity index (χ2v) is 10.1. The number of nitrogens with one attached hydrogen (secondary N) is 2. The number of methoxy groups -OCH3 is 1. The molecule has 11 nitrogen and oxygen atoms in total. The molecule has 0 radical (unpaired) electrons. The third kappa shape index (κ3) is 6.54. The zero-order valence-electron chi connectivity index (χ0n) is 20.0. The maximum atomic E-state index is 13.7. The molecule has 37 heavy (non-hydrogen) atoms. The van der Waals surface area contributed by atoms with Gasteiger partial charge in [-0.05, 0) is 55.5 Å². The Kier molecular flexibility index (Phi) is 8.35. The lowest BCUT2D eigenvalue weighted by molar-refractivity contribution is -0.385. The van der Waals surface area contributed by atoms with Crippen molar-refractivity contribution in [3.63, 3.8) is 0 Å². The molecule has 0 bridgehead atoms. The Hall–Kier alpha value is -4.16. The molecule has 0 aliphatic heterocycles. The average molecular weight is 547 g/mol. The molecule has 13 heteroatoms. The molecule has 3 aromatic rings. The van der Waals surface area contributed by atoms with Crippen molar-refractivity contribution in [3.8, 4) is 5.75 Å². The Labute approximate surface area is 218 Å². The van der Waals surface area contributed by atoms with E-state index in [0.29, 0.717) is 11.4 Å². The molecule has 194 valence electrons. The Morgan fingerprint density at radius 1 is 1.03 bits per heavy atom. The van der Waals surface area contributed by atoms with E-state index in [-0.39, 0.29) is 38.5 Å². The lowest BCUT2D eigenvalue weighted by atomic mass is 10.2. The van der Waals surface area contributed by atoms with Crippen LogP contribution in [-0.4, -0.2) is 38.8 Å². The van der Waals surface area contributed by atoms with E-state index >= 15 is 0 Å². The van der Waals surface area contributed by atoms with E-state index in [1.54, 1.807) is 12.1 Å². The molecular formula is C24H23ClN4O7S. The predicted molar refractivity (Wildman–Crippen MR) is 140 cm³/mol. The number of sulfonamides is 1. The second kappa shape index (κ2) is 11.3. The van der Waals surface area contributed by atoms with Crippen LogP contribution < -0.4 is 19.7 Å². The summed E-state index contributed by atoms with van der Waals surface area (Å²) in [7, 11) is -3.18. The van der Waals surface area contributed by atoms with Crippen LogP contribution in [0.1, 0.15) is 12.5 Å². The van der Waals surface area contributed by atoms with Crippen LogP contribution in [0.3, 0.4) is 0 Å². The summed E-state index contributed by atoms with van der Waals surface area (Å²) in [5.41, 5.74) is 0.716. The normalized spacial score (nSPS) is 10.9. The van der Waals surface area contributed by atoms with Crippen molar-refractivity contribution in [2.45, 2.75) is 18.7 Å². The molecule has 3 rings (SSSR count). The molecule has 0 heterocycles. The minimum absolute atomic E-state index is 0.0330. The van der Waals surface area contributed by atoms with Crippen molar-refractivity contribution in [2.24, 2.45) is 0 Å². The molecule has 0 atom stereocenters. The molecule has 0 saturated heterocycles. The van der Waals surface area contributed by atoms with Gasteiger partial charge in [0.2, 0.25) is 11.8 Å². The van der Waals surface area contributed by atoms with E-state index in [2.05, 4.69) is 10.6 Å². The van der Waals surface area contributed by atoms with E-state index in [4.69, 9.17) is 16.3 Å². The Bertz CT molecular complexity index is 1460. The first-order chi connectivity index (χ1) is 17.4. The zero-order valence-corrected chi connectivity index (χ0v) is 21.6. The van der Waals surface area contributed by atoms with Crippen LogP contribution in [0.15, 0.2) is 65.6 Å². The summed E-state index contributed by atoms with van der Waals surface area (Å²) in [5.74, 6) is -0.856. The van der Waals surface area contributed by atoms with Gasteiger partial charge in [0.25, 0.3) is 15.7 Å². The fourth-order valence-corrected chi connectivity index (χ4v) is 5.01. The first kappa shape index (κ1) is 27.4. The Morgan fingerprint density at radius 3 is 2.22 bits per heavy atom. The number of carbonyl (C=O) groups excluding carboxylic acids is 2. The van der Waals surface area contributed by atoms with Crippen LogP contribution in [0.2, 0.25) is 5.02 Å². The summed E-state index contributed by atoms with van der Waals surface area (Å²) in [6, 6.07) is 13.9. The first-order valence-corrected chi connectivity index (χ1v) is 12.5. The SMILES string of the molecule is COc1ccc(Cl)cc1N(CC(=O)Nc1ccc(NC(C)=O)cc1)S(=O)(=O)c1ccc(C)c([N+](=O)[O-])c1. The Morgan fingerprint density at radius 2 is 1.65 bits per heavy atom. The summed E-state index contributed by atoms with van der Waals surface area (Å²) in [5, 5.41) is 16.8. The third-order valence-corrected chi connectivity index (χ3v) is 7.14. The number of halogens is 1. The van der Waals surface area contributed by atoms with Gasteiger partial charge >= 0.3 is 0 Å². The number of aryl methyl sites for hydroxylation is 1. The maximum Gasteiger partial charge on any atom is 0.273 e. The molecule has 0 aromatic heterocycles. The summed E-state index contributed by atoms with van der Waals surface area (Å²) in [6.45, 7) is 2.14.